The number of nitrogens with zero attached hydrogens (tertiary/aromatic N) is 3. The van der Waals surface area contributed by atoms with E-state index >= 15 is 0 Å². The highest BCUT2D eigenvalue weighted by molar-refractivity contribution is 5.85. The van der Waals surface area contributed by atoms with Gasteiger partial charge in [0.15, 0.2) is 0 Å². The fourth-order valence-electron chi connectivity index (χ4n) is 3.09. The number of nitrogens with one attached hydrogen (secondary N) is 1. The minimum Gasteiger partial charge on any atom is -0.351 e. The Hall–Kier alpha value is -1.88. The van der Waals surface area contributed by atoms with E-state index in [9.17, 15) is 4.79 Å². The minimum absolute atomic E-state index is 0.0563. The van der Waals surface area contributed by atoms with Gasteiger partial charge in [-0.1, -0.05) is 6.07 Å². The average molecular weight is 242 g/mol. The third-order valence-electron chi connectivity index (χ3n) is 3.92. The second-order valence-corrected chi connectivity index (χ2v) is 5.07. The summed E-state index contributed by atoms with van der Waals surface area (Å²) in [5.41, 5.74) is 2.24. The van der Waals surface area contributed by atoms with E-state index in [0.717, 1.165) is 30.7 Å². The van der Waals surface area contributed by atoms with E-state index in [1.54, 1.807) is 0 Å². The van der Waals surface area contributed by atoms with Crippen LogP contribution in [0, 0.1) is 0 Å². The molecule has 1 amide bonds. The molecule has 4 rings (SSSR count). The molecule has 2 aromatic heterocycles. The zero-order valence-electron chi connectivity index (χ0n) is 9.91. The zero-order chi connectivity index (χ0) is 12.1. The number of aromatic nitrogens is 2. The minimum atomic E-state index is 0.0563. The molecule has 2 aliphatic rings. The van der Waals surface area contributed by atoms with Gasteiger partial charge in [0.1, 0.15) is 0 Å². The summed E-state index contributed by atoms with van der Waals surface area (Å²) in [4.78, 5) is 13.9. The van der Waals surface area contributed by atoms with Crippen molar-refractivity contribution in [3.63, 3.8) is 0 Å². The van der Waals surface area contributed by atoms with Crippen LogP contribution in [0.4, 0.5) is 0 Å². The number of pyridine rings is 1. The first-order chi connectivity index (χ1) is 8.81. The maximum atomic E-state index is 11.7. The van der Waals surface area contributed by atoms with Gasteiger partial charge in [-0.25, -0.2) is 4.52 Å². The fourth-order valence-corrected chi connectivity index (χ4v) is 3.09. The van der Waals surface area contributed by atoms with Crippen LogP contribution in [0.1, 0.15) is 12.1 Å². The smallest absolute Gasteiger partial charge is 0.237 e. The molecule has 18 heavy (non-hydrogen) atoms. The van der Waals surface area contributed by atoms with Gasteiger partial charge in [-0.2, -0.15) is 5.10 Å². The lowest BCUT2D eigenvalue weighted by molar-refractivity contribution is -0.125. The Kier molecular flexibility index (Phi) is 1.99. The van der Waals surface area contributed by atoms with E-state index in [2.05, 4.69) is 21.4 Å². The molecule has 0 aromatic carbocycles. The van der Waals surface area contributed by atoms with Crippen LogP contribution in [-0.2, 0) is 11.3 Å². The summed E-state index contributed by atoms with van der Waals surface area (Å²) < 4.78 is 1.95. The van der Waals surface area contributed by atoms with Gasteiger partial charge in [0.25, 0.3) is 0 Å². The molecule has 5 nitrogen and oxygen atoms in total. The monoisotopic (exact) mass is 242 g/mol. The highest BCUT2D eigenvalue weighted by atomic mass is 16.2. The van der Waals surface area contributed by atoms with Gasteiger partial charge < -0.3 is 5.32 Å². The highest BCUT2D eigenvalue weighted by Crippen LogP contribution is 2.26. The van der Waals surface area contributed by atoms with Crippen molar-refractivity contribution >= 4 is 11.4 Å². The summed E-state index contributed by atoms with van der Waals surface area (Å²) in [6.45, 7) is 1.74. The Labute approximate surface area is 104 Å². The van der Waals surface area contributed by atoms with Gasteiger partial charge in [-0.05, 0) is 24.6 Å². The molecule has 0 unspecified atom stereocenters. The van der Waals surface area contributed by atoms with Gasteiger partial charge in [-0.15, -0.1) is 0 Å². The van der Waals surface area contributed by atoms with Crippen LogP contribution < -0.4 is 5.32 Å². The molecule has 0 aliphatic carbocycles. The van der Waals surface area contributed by atoms with Gasteiger partial charge in [-0.3, -0.25) is 9.69 Å². The number of carbonyl (C=O) groups excluding carboxylic acids is 1. The fraction of sp³-hybridized carbons (Fsp3) is 0.385. The molecule has 2 fully saturated rings. The SMILES string of the molecule is O=C1N[C@H]2C[C@@H]1N(Cc1cccc3ccnn13)C2. The number of carbonyl (C=O) groups is 1. The van der Waals surface area contributed by atoms with Crippen molar-refractivity contribution in [2.45, 2.75) is 25.0 Å². The molecular weight excluding hydrogens is 228 g/mol. The largest absolute Gasteiger partial charge is 0.351 e. The lowest BCUT2D eigenvalue weighted by Gasteiger charge is -2.26. The normalized spacial score (nSPS) is 27.0. The van der Waals surface area contributed by atoms with Gasteiger partial charge >= 0.3 is 0 Å². The van der Waals surface area contributed by atoms with Crippen molar-refractivity contribution in [3.05, 3.63) is 36.2 Å². The number of piperazine rings is 1. The third-order valence-corrected chi connectivity index (χ3v) is 3.92. The van der Waals surface area contributed by atoms with Crippen molar-refractivity contribution in [2.24, 2.45) is 0 Å². The maximum Gasteiger partial charge on any atom is 0.237 e. The van der Waals surface area contributed by atoms with Crippen molar-refractivity contribution < 1.29 is 4.79 Å². The summed E-state index contributed by atoms with van der Waals surface area (Å²) >= 11 is 0. The van der Waals surface area contributed by atoms with Crippen molar-refractivity contribution in [1.82, 2.24) is 19.8 Å². The topological polar surface area (TPSA) is 49.6 Å². The predicted molar refractivity (Wildman–Crippen MR) is 65.9 cm³/mol. The van der Waals surface area contributed by atoms with Gasteiger partial charge in [0.05, 0.1) is 17.3 Å². The van der Waals surface area contributed by atoms with Crippen molar-refractivity contribution in [2.75, 3.05) is 6.54 Å². The Bertz CT molecular complexity index is 620. The van der Waals surface area contributed by atoms with E-state index in [1.165, 1.54) is 0 Å². The quantitative estimate of drug-likeness (QED) is 0.829. The number of fused-ring (bicyclic) bond motifs is 3. The van der Waals surface area contributed by atoms with Crippen molar-refractivity contribution in [3.8, 4) is 0 Å². The standard InChI is InChI=1S/C13H14N4O/c18-13-12-6-9(15-13)7-16(12)8-11-3-1-2-10-4-5-14-17(10)11/h1-5,9,12H,6-8H2,(H,15,18)/t9-,12-/m0/s1. The molecule has 1 N–H and O–H groups in total. The Morgan fingerprint density at radius 1 is 1.39 bits per heavy atom. The summed E-state index contributed by atoms with van der Waals surface area (Å²) in [5, 5.41) is 7.33. The van der Waals surface area contributed by atoms with E-state index in [0.29, 0.717) is 6.04 Å². The zero-order valence-corrected chi connectivity index (χ0v) is 9.91. The molecule has 2 bridgehead atoms. The van der Waals surface area contributed by atoms with E-state index in [1.807, 2.05) is 28.9 Å². The molecule has 5 heteroatoms. The summed E-state index contributed by atoms with van der Waals surface area (Å²) in [6.07, 6.45) is 2.76. The number of rotatable bonds is 2. The number of amides is 1. The first-order valence-corrected chi connectivity index (χ1v) is 6.27. The highest BCUT2D eigenvalue weighted by Gasteiger charge is 2.43. The molecule has 2 atom stereocenters. The van der Waals surface area contributed by atoms with Crippen LogP contribution in [0.15, 0.2) is 30.5 Å². The lowest BCUT2D eigenvalue weighted by Crippen LogP contribution is -2.47. The molecule has 2 aliphatic heterocycles. The van der Waals surface area contributed by atoms with E-state index < -0.39 is 0 Å². The third kappa shape index (κ3) is 1.37. The molecule has 2 saturated heterocycles. The lowest BCUT2D eigenvalue weighted by atomic mass is 10.2. The number of hydrogen-bond donors (Lipinski definition) is 1. The maximum absolute atomic E-state index is 11.7. The van der Waals surface area contributed by atoms with E-state index in [4.69, 9.17) is 0 Å². The Balaban J connectivity index is 1.65. The van der Waals surface area contributed by atoms with Crippen LogP contribution in [0.2, 0.25) is 0 Å². The van der Waals surface area contributed by atoms with Gasteiger partial charge in [0, 0.05) is 25.3 Å². The average Bonchev–Trinajstić information content (AvgIpc) is 3.02. The van der Waals surface area contributed by atoms with Crippen LogP contribution in [0.5, 0.6) is 0 Å². The van der Waals surface area contributed by atoms with Gasteiger partial charge in [0.2, 0.25) is 5.91 Å². The number of hydrogen-bond acceptors (Lipinski definition) is 3. The molecule has 0 radical (unpaired) electrons. The molecule has 92 valence electrons. The molecule has 4 heterocycles. The summed E-state index contributed by atoms with van der Waals surface area (Å²) in [5.74, 6) is 0.180. The van der Waals surface area contributed by atoms with Crippen molar-refractivity contribution in [1.29, 1.82) is 0 Å². The second-order valence-electron chi connectivity index (χ2n) is 5.07. The Morgan fingerprint density at radius 3 is 3.17 bits per heavy atom. The molecule has 0 saturated carbocycles. The number of likely N-dealkylation sites (tertiary alicyclic amines) is 1. The second kappa shape index (κ2) is 3.55. The first-order valence-electron chi connectivity index (χ1n) is 6.27. The molecule has 0 spiro atoms. The first kappa shape index (κ1) is 10.1. The summed E-state index contributed by atoms with van der Waals surface area (Å²) in [7, 11) is 0. The molecular formula is C13H14N4O. The van der Waals surface area contributed by atoms with Crippen LogP contribution in [-0.4, -0.2) is 39.0 Å². The predicted octanol–water partition coefficient (Wildman–Crippen LogP) is 0.407. The van der Waals surface area contributed by atoms with Crippen LogP contribution in [0.3, 0.4) is 0 Å². The van der Waals surface area contributed by atoms with E-state index in [-0.39, 0.29) is 11.9 Å². The Morgan fingerprint density at radius 2 is 2.33 bits per heavy atom. The van der Waals surface area contributed by atoms with Crippen LogP contribution >= 0.6 is 0 Å². The summed E-state index contributed by atoms with van der Waals surface area (Å²) in [6, 6.07) is 8.55. The van der Waals surface area contributed by atoms with Crippen LogP contribution in [0.25, 0.3) is 5.52 Å². The molecule has 2 aromatic rings.